The van der Waals surface area contributed by atoms with Gasteiger partial charge in [-0.25, -0.2) is 0 Å². The molecule has 0 aliphatic carbocycles. The van der Waals surface area contributed by atoms with E-state index in [0.29, 0.717) is 5.70 Å². The molecule has 4 heteroatoms. The first-order valence-corrected chi connectivity index (χ1v) is 4.15. The third-order valence-electron chi connectivity index (χ3n) is 1.45. The Labute approximate surface area is 79.8 Å². The molecule has 0 aromatic heterocycles. The van der Waals surface area contributed by atoms with Crippen molar-refractivity contribution in [3.63, 3.8) is 0 Å². The lowest BCUT2D eigenvalue weighted by molar-refractivity contribution is 0.630. The van der Waals surface area contributed by atoms with Gasteiger partial charge in [-0.15, -0.1) is 0 Å². The minimum atomic E-state index is 0.627. The van der Waals surface area contributed by atoms with Gasteiger partial charge in [0.25, 0.3) is 0 Å². The molecule has 0 radical (unpaired) electrons. The fourth-order valence-corrected chi connectivity index (χ4v) is 1.32. The Morgan fingerprint density at radius 1 is 1.58 bits per heavy atom. The van der Waals surface area contributed by atoms with Crippen LogP contribution in [0.5, 0.6) is 0 Å². The highest BCUT2D eigenvalue weighted by molar-refractivity contribution is 9.11. The first-order chi connectivity index (χ1) is 5.65. The van der Waals surface area contributed by atoms with Crippen LogP contribution >= 0.6 is 15.9 Å². The van der Waals surface area contributed by atoms with E-state index in [2.05, 4.69) is 22.5 Å². The maximum atomic E-state index is 5.66. The summed E-state index contributed by atoms with van der Waals surface area (Å²) in [7, 11) is 0. The van der Waals surface area contributed by atoms with Crippen molar-refractivity contribution in [1.29, 1.82) is 0 Å². The van der Waals surface area contributed by atoms with E-state index in [1.165, 1.54) is 6.20 Å². The molecule has 0 unspecified atom stereocenters. The predicted molar refractivity (Wildman–Crippen MR) is 53.6 cm³/mol. The van der Waals surface area contributed by atoms with Crippen LogP contribution in [0.4, 0.5) is 0 Å². The maximum Gasteiger partial charge on any atom is 0.0609 e. The summed E-state index contributed by atoms with van der Waals surface area (Å²) in [5.41, 5.74) is 12.3. The summed E-state index contributed by atoms with van der Waals surface area (Å²) in [6, 6.07) is 0. The third kappa shape index (κ3) is 1.71. The van der Waals surface area contributed by atoms with E-state index in [0.717, 1.165) is 10.2 Å². The van der Waals surface area contributed by atoms with Gasteiger partial charge in [-0.1, -0.05) is 6.58 Å². The SMILES string of the molecule is C=C1C(N)=CC(Br)=CN1/C=C\N. The molecule has 1 aliphatic rings. The minimum Gasteiger partial charge on any atom is -0.403 e. The minimum absolute atomic E-state index is 0.627. The third-order valence-corrected chi connectivity index (χ3v) is 1.88. The number of hydrogen-bond acceptors (Lipinski definition) is 3. The molecule has 12 heavy (non-hydrogen) atoms. The molecule has 0 spiro atoms. The average molecular weight is 228 g/mol. The van der Waals surface area contributed by atoms with Crippen LogP contribution in [0.3, 0.4) is 0 Å². The number of nitrogens with zero attached hydrogens (tertiary/aromatic N) is 1. The first-order valence-electron chi connectivity index (χ1n) is 3.35. The van der Waals surface area contributed by atoms with E-state index in [4.69, 9.17) is 11.5 Å². The lowest BCUT2D eigenvalue weighted by atomic mass is 10.2. The zero-order valence-corrected chi connectivity index (χ0v) is 8.08. The molecule has 1 heterocycles. The van der Waals surface area contributed by atoms with E-state index in [9.17, 15) is 0 Å². The smallest absolute Gasteiger partial charge is 0.0609 e. The Morgan fingerprint density at radius 2 is 2.25 bits per heavy atom. The van der Waals surface area contributed by atoms with Crippen molar-refractivity contribution in [2.24, 2.45) is 11.5 Å². The number of hydrogen-bond donors (Lipinski definition) is 2. The van der Waals surface area contributed by atoms with Gasteiger partial charge in [0.05, 0.1) is 11.4 Å². The Balaban J connectivity index is 2.94. The highest BCUT2D eigenvalue weighted by Gasteiger charge is 2.10. The molecule has 1 rings (SSSR count). The van der Waals surface area contributed by atoms with Gasteiger partial charge in [0.2, 0.25) is 0 Å². The summed E-state index contributed by atoms with van der Waals surface area (Å²) in [6.07, 6.45) is 6.75. The van der Waals surface area contributed by atoms with Gasteiger partial charge in [0.1, 0.15) is 0 Å². The number of rotatable bonds is 1. The van der Waals surface area contributed by atoms with Crippen molar-refractivity contribution in [3.05, 3.63) is 47.1 Å². The summed E-state index contributed by atoms with van der Waals surface area (Å²) in [4.78, 5) is 1.75. The fraction of sp³-hybridized carbons (Fsp3) is 0. The zero-order chi connectivity index (χ0) is 9.14. The molecule has 64 valence electrons. The quantitative estimate of drug-likeness (QED) is 0.711. The van der Waals surface area contributed by atoms with Crippen LogP contribution in [0.15, 0.2) is 47.1 Å². The van der Waals surface area contributed by atoms with E-state index >= 15 is 0 Å². The molecular weight excluding hydrogens is 218 g/mol. The van der Waals surface area contributed by atoms with Gasteiger partial charge in [0.15, 0.2) is 0 Å². The summed E-state index contributed by atoms with van der Waals surface area (Å²) in [5, 5.41) is 0. The summed E-state index contributed by atoms with van der Waals surface area (Å²) in [5.74, 6) is 0. The van der Waals surface area contributed by atoms with Gasteiger partial charge in [-0.3, -0.25) is 0 Å². The molecule has 3 nitrogen and oxygen atoms in total. The second-order valence-electron chi connectivity index (χ2n) is 2.31. The molecule has 0 fully saturated rings. The predicted octanol–water partition coefficient (Wildman–Crippen LogP) is 1.32. The van der Waals surface area contributed by atoms with Gasteiger partial charge in [-0.05, 0) is 22.0 Å². The Bertz CT molecular complexity index is 289. The molecular formula is C8H10BrN3. The summed E-state index contributed by atoms with van der Waals surface area (Å²) in [6.45, 7) is 3.79. The summed E-state index contributed by atoms with van der Waals surface area (Å²) >= 11 is 3.31. The van der Waals surface area contributed by atoms with Gasteiger partial charge in [-0.2, -0.15) is 0 Å². The van der Waals surface area contributed by atoms with E-state index < -0.39 is 0 Å². The Morgan fingerprint density at radius 3 is 2.83 bits per heavy atom. The molecule has 0 aromatic carbocycles. The largest absolute Gasteiger partial charge is 0.403 e. The van der Waals surface area contributed by atoms with E-state index in [-0.39, 0.29) is 0 Å². The molecule has 0 saturated carbocycles. The fourth-order valence-electron chi connectivity index (χ4n) is 0.855. The van der Waals surface area contributed by atoms with E-state index in [1.54, 1.807) is 17.2 Å². The average Bonchev–Trinajstić information content (AvgIpc) is 2.00. The number of allylic oxidation sites excluding steroid dienone is 2. The molecule has 0 atom stereocenters. The molecule has 0 amide bonds. The normalized spacial score (nSPS) is 18.1. The summed E-state index contributed by atoms with van der Waals surface area (Å²) < 4.78 is 0.894. The van der Waals surface area contributed by atoms with Crippen LogP contribution in [-0.4, -0.2) is 4.90 Å². The molecule has 0 bridgehead atoms. The molecule has 0 saturated heterocycles. The van der Waals surface area contributed by atoms with Crippen molar-refractivity contribution >= 4 is 15.9 Å². The monoisotopic (exact) mass is 227 g/mol. The van der Waals surface area contributed by atoms with Crippen LogP contribution in [0, 0.1) is 0 Å². The lowest BCUT2D eigenvalue weighted by Crippen LogP contribution is -2.18. The molecule has 0 aromatic rings. The van der Waals surface area contributed by atoms with Gasteiger partial charge < -0.3 is 16.4 Å². The van der Waals surface area contributed by atoms with Crippen molar-refractivity contribution in [3.8, 4) is 0 Å². The Hall–Kier alpha value is -1.16. The van der Waals surface area contributed by atoms with Crippen LogP contribution in [0.1, 0.15) is 0 Å². The van der Waals surface area contributed by atoms with Crippen LogP contribution in [0.25, 0.3) is 0 Å². The maximum absolute atomic E-state index is 5.66. The van der Waals surface area contributed by atoms with Gasteiger partial charge >= 0.3 is 0 Å². The highest BCUT2D eigenvalue weighted by Crippen LogP contribution is 2.22. The van der Waals surface area contributed by atoms with Crippen molar-refractivity contribution in [2.75, 3.05) is 0 Å². The van der Waals surface area contributed by atoms with Gasteiger partial charge in [0, 0.05) is 23.1 Å². The van der Waals surface area contributed by atoms with Crippen LogP contribution in [-0.2, 0) is 0 Å². The van der Waals surface area contributed by atoms with Crippen molar-refractivity contribution in [1.82, 2.24) is 4.90 Å². The second-order valence-corrected chi connectivity index (χ2v) is 3.22. The second kappa shape index (κ2) is 3.49. The number of nitrogens with two attached hydrogens (primary N) is 2. The lowest BCUT2D eigenvalue weighted by Gasteiger charge is -2.22. The topological polar surface area (TPSA) is 55.3 Å². The van der Waals surface area contributed by atoms with Crippen molar-refractivity contribution in [2.45, 2.75) is 0 Å². The van der Waals surface area contributed by atoms with E-state index in [1.807, 2.05) is 6.20 Å². The van der Waals surface area contributed by atoms with Crippen LogP contribution in [0.2, 0.25) is 0 Å². The molecule has 4 N–H and O–H groups in total. The van der Waals surface area contributed by atoms with Crippen molar-refractivity contribution < 1.29 is 0 Å². The van der Waals surface area contributed by atoms with Crippen LogP contribution < -0.4 is 11.5 Å². The highest BCUT2D eigenvalue weighted by atomic mass is 79.9. The number of halogens is 1. The first kappa shape index (κ1) is 8.93. The molecule has 1 aliphatic heterocycles. The standard InChI is InChI=1S/C8H10BrN3/c1-6-8(11)4-7(9)5-12(6)3-2-10/h2-5H,1,10-11H2/b3-2-. The zero-order valence-electron chi connectivity index (χ0n) is 6.50. The Kier molecular flexibility index (Phi) is 2.60.